The fourth-order valence-electron chi connectivity index (χ4n) is 4.80. The Kier molecular flexibility index (Phi) is 9.21. The molecule has 1 saturated heterocycles. The fraction of sp³-hybridized carbons (Fsp3) is 0.406. The summed E-state index contributed by atoms with van der Waals surface area (Å²) in [6.45, 7) is 8.92. The van der Waals surface area contributed by atoms with Crippen LogP contribution in [0.15, 0.2) is 60.7 Å². The summed E-state index contributed by atoms with van der Waals surface area (Å²) in [5, 5.41) is 0.746. The number of alkyl halides is 6. The van der Waals surface area contributed by atoms with Crippen molar-refractivity contribution in [3.63, 3.8) is 0 Å². The lowest BCUT2D eigenvalue weighted by molar-refractivity contribution is -0.143. The Bertz CT molecular complexity index is 1400. The molecule has 1 amide bonds. The average Bonchev–Trinajstić information content (AvgIpc) is 3.73. The molecule has 10 heteroatoms. The number of carbonyl (C=O) groups is 1. The molecule has 3 nitrogen and oxygen atoms in total. The van der Waals surface area contributed by atoms with Crippen LogP contribution in [0.3, 0.4) is 0 Å². The van der Waals surface area contributed by atoms with Gasteiger partial charge in [0.05, 0.1) is 23.7 Å². The molecule has 1 saturated carbocycles. The van der Waals surface area contributed by atoms with Crippen molar-refractivity contribution < 1.29 is 35.9 Å². The van der Waals surface area contributed by atoms with Gasteiger partial charge < -0.3 is 4.74 Å². The van der Waals surface area contributed by atoms with Gasteiger partial charge in [0.1, 0.15) is 6.10 Å². The SMILES string of the molecule is CC(C)c1ccc(Cl)c(-c2ccc(C3CC3)cc2CN2C(=O)O[C@H](C)[C@@H]2C)c1.FC(F)(F)c1cccc(C(F)(F)F)c1. The van der Waals surface area contributed by atoms with Gasteiger partial charge in [-0.1, -0.05) is 55.8 Å². The van der Waals surface area contributed by atoms with Crippen LogP contribution in [0.1, 0.15) is 80.2 Å². The van der Waals surface area contributed by atoms with Gasteiger partial charge >= 0.3 is 18.4 Å². The predicted octanol–water partition coefficient (Wildman–Crippen LogP) is 10.5. The molecule has 1 aliphatic heterocycles. The highest BCUT2D eigenvalue weighted by Gasteiger charge is 2.37. The molecule has 1 heterocycles. The first-order valence-corrected chi connectivity index (χ1v) is 14.1. The maximum Gasteiger partial charge on any atom is 0.416 e. The molecule has 0 aromatic heterocycles. The van der Waals surface area contributed by atoms with Gasteiger partial charge in [-0.05, 0) is 91.1 Å². The second-order valence-electron chi connectivity index (χ2n) is 11.1. The van der Waals surface area contributed by atoms with Gasteiger partial charge in [-0.25, -0.2) is 4.79 Å². The number of amides is 1. The Labute approximate surface area is 246 Å². The van der Waals surface area contributed by atoms with E-state index in [9.17, 15) is 31.1 Å². The standard InChI is InChI=1S/C24H28ClNO2.C8H4F6/c1-14(2)18-8-10-23(25)22(12-18)21-9-7-19(17-5-6-17)11-20(21)13-26-15(3)16(4)28-24(26)27;9-7(10,11)5-2-1-3-6(4-5)8(12,13)14/h7-12,14-17H,5-6,13H2,1-4H3;1-4H/t15-,16+;/m0./s1. The van der Waals surface area contributed by atoms with Gasteiger partial charge in [-0.2, -0.15) is 26.3 Å². The number of carbonyl (C=O) groups excluding carboxylic acids is 1. The summed E-state index contributed by atoms with van der Waals surface area (Å²) in [4.78, 5) is 14.2. The Morgan fingerprint density at radius 3 is 2.00 bits per heavy atom. The minimum atomic E-state index is -4.75. The second kappa shape index (κ2) is 12.2. The summed E-state index contributed by atoms with van der Waals surface area (Å²) < 4.78 is 77.4. The summed E-state index contributed by atoms with van der Waals surface area (Å²) >= 11 is 6.61. The molecule has 2 atom stereocenters. The number of benzene rings is 3. The first-order chi connectivity index (χ1) is 19.6. The molecule has 0 unspecified atom stereocenters. The van der Waals surface area contributed by atoms with E-state index >= 15 is 0 Å². The highest BCUT2D eigenvalue weighted by Crippen LogP contribution is 2.43. The lowest BCUT2D eigenvalue weighted by Gasteiger charge is -2.22. The van der Waals surface area contributed by atoms with Crippen LogP contribution in [0, 0.1) is 0 Å². The zero-order chi connectivity index (χ0) is 31.0. The third-order valence-corrected chi connectivity index (χ3v) is 8.00. The van der Waals surface area contributed by atoms with Crippen molar-refractivity contribution in [1.29, 1.82) is 0 Å². The summed E-state index contributed by atoms with van der Waals surface area (Å²) in [6.07, 6.45) is -7.31. The van der Waals surface area contributed by atoms with Crippen molar-refractivity contribution in [2.75, 3.05) is 0 Å². The van der Waals surface area contributed by atoms with Crippen molar-refractivity contribution >= 4 is 17.7 Å². The Balaban J connectivity index is 0.000000244. The lowest BCUT2D eigenvalue weighted by Crippen LogP contribution is -2.32. The van der Waals surface area contributed by atoms with Crippen LogP contribution in [0.2, 0.25) is 5.02 Å². The Hall–Kier alpha value is -3.20. The first kappa shape index (κ1) is 31.7. The number of cyclic esters (lactones) is 1. The van der Waals surface area contributed by atoms with Crippen molar-refractivity contribution in [2.24, 2.45) is 0 Å². The van der Waals surface area contributed by atoms with Gasteiger partial charge in [0, 0.05) is 10.6 Å². The zero-order valence-corrected chi connectivity index (χ0v) is 24.4. The molecule has 3 aromatic carbocycles. The number of nitrogens with zero attached hydrogens (tertiary/aromatic N) is 1. The summed E-state index contributed by atoms with van der Waals surface area (Å²) in [5.41, 5.74) is 3.32. The first-order valence-electron chi connectivity index (χ1n) is 13.7. The summed E-state index contributed by atoms with van der Waals surface area (Å²) in [6, 6.07) is 15.0. The van der Waals surface area contributed by atoms with E-state index in [0.717, 1.165) is 27.8 Å². The average molecular weight is 612 g/mol. The van der Waals surface area contributed by atoms with Crippen LogP contribution in [0.25, 0.3) is 11.1 Å². The van der Waals surface area contributed by atoms with E-state index in [2.05, 4.69) is 44.2 Å². The van der Waals surface area contributed by atoms with Crippen molar-refractivity contribution in [1.82, 2.24) is 4.90 Å². The minimum absolute atomic E-state index is 0.0578. The van der Waals surface area contributed by atoms with Gasteiger partial charge in [0.25, 0.3) is 0 Å². The molecule has 0 radical (unpaired) electrons. The molecule has 226 valence electrons. The molecule has 2 aliphatic rings. The third kappa shape index (κ3) is 7.41. The normalized spacial score (nSPS) is 19.0. The molecule has 0 spiro atoms. The van der Waals surface area contributed by atoms with E-state index in [0.29, 0.717) is 30.5 Å². The molecule has 1 aliphatic carbocycles. The van der Waals surface area contributed by atoms with Gasteiger partial charge in [0.2, 0.25) is 0 Å². The van der Waals surface area contributed by atoms with E-state index in [1.54, 1.807) is 0 Å². The minimum Gasteiger partial charge on any atom is -0.444 e. The number of ether oxygens (including phenoxy) is 1. The third-order valence-electron chi connectivity index (χ3n) is 7.68. The van der Waals surface area contributed by atoms with E-state index < -0.39 is 23.5 Å². The monoisotopic (exact) mass is 611 g/mol. The number of hydrogen-bond donors (Lipinski definition) is 0. The topological polar surface area (TPSA) is 29.5 Å². The van der Waals surface area contributed by atoms with Crippen LogP contribution in [-0.2, 0) is 23.6 Å². The number of halogens is 7. The lowest BCUT2D eigenvalue weighted by atomic mass is 9.92. The zero-order valence-electron chi connectivity index (χ0n) is 23.6. The Morgan fingerprint density at radius 2 is 1.50 bits per heavy atom. The van der Waals surface area contributed by atoms with Gasteiger partial charge in [0.15, 0.2) is 0 Å². The van der Waals surface area contributed by atoms with Crippen LogP contribution in [0.5, 0.6) is 0 Å². The Morgan fingerprint density at radius 1 is 0.881 bits per heavy atom. The van der Waals surface area contributed by atoms with Crippen LogP contribution >= 0.6 is 11.6 Å². The van der Waals surface area contributed by atoms with Crippen LogP contribution in [0.4, 0.5) is 31.1 Å². The number of hydrogen-bond acceptors (Lipinski definition) is 2. The molecule has 2 fully saturated rings. The van der Waals surface area contributed by atoms with Gasteiger partial charge in [-0.3, -0.25) is 4.90 Å². The van der Waals surface area contributed by atoms with Crippen molar-refractivity contribution in [3.05, 3.63) is 93.5 Å². The summed E-state index contributed by atoms with van der Waals surface area (Å²) in [7, 11) is 0. The largest absolute Gasteiger partial charge is 0.444 e. The maximum atomic E-state index is 12.4. The smallest absolute Gasteiger partial charge is 0.416 e. The van der Waals surface area contributed by atoms with Crippen molar-refractivity contribution in [2.45, 2.75) is 83.4 Å². The maximum absolute atomic E-state index is 12.4. The van der Waals surface area contributed by atoms with Gasteiger partial charge in [-0.15, -0.1) is 0 Å². The highest BCUT2D eigenvalue weighted by atomic mass is 35.5. The van der Waals surface area contributed by atoms with E-state index in [1.807, 2.05) is 24.8 Å². The highest BCUT2D eigenvalue weighted by molar-refractivity contribution is 6.33. The second-order valence-corrected chi connectivity index (χ2v) is 11.5. The molecular formula is C32H32ClF6NO2. The van der Waals surface area contributed by atoms with Crippen LogP contribution < -0.4 is 0 Å². The molecule has 5 rings (SSSR count). The summed E-state index contributed by atoms with van der Waals surface area (Å²) in [5.74, 6) is 1.09. The predicted molar refractivity (Wildman–Crippen MR) is 150 cm³/mol. The van der Waals surface area contributed by atoms with E-state index in [1.165, 1.54) is 24.0 Å². The van der Waals surface area contributed by atoms with E-state index in [-0.39, 0.29) is 24.3 Å². The molecule has 42 heavy (non-hydrogen) atoms. The van der Waals surface area contributed by atoms with Crippen LogP contribution in [-0.4, -0.2) is 23.1 Å². The van der Waals surface area contributed by atoms with E-state index in [4.69, 9.17) is 16.3 Å². The number of rotatable bonds is 5. The molecular weight excluding hydrogens is 580 g/mol. The molecule has 0 bridgehead atoms. The fourth-order valence-corrected chi connectivity index (χ4v) is 5.01. The molecule has 0 N–H and O–H groups in total. The quantitative estimate of drug-likeness (QED) is 0.269. The molecule has 3 aromatic rings. The van der Waals surface area contributed by atoms with Crippen molar-refractivity contribution in [3.8, 4) is 11.1 Å².